The van der Waals surface area contributed by atoms with Gasteiger partial charge in [-0.05, 0) is 6.42 Å². The summed E-state index contributed by atoms with van der Waals surface area (Å²) in [6.45, 7) is -0.323. The van der Waals surface area contributed by atoms with Gasteiger partial charge in [-0.3, -0.25) is 14.4 Å². The first-order valence-electron chi connectivity index (χ1n) is 7.11. The van der Waals surface area contributed by atoms with Gasteiger partial charge in [-0.2, -0.15) is 0 Å². The van der Waals surface area contributed by atoms with Gasteiger partial charge in [0.25, 0.3) is 0 Å². The van der Waals surface area contributed by atoms with Crippen LogP contribution in [-0.4, -0.2) is 57.4 Å². The van der Waals surface area contributed by atoms with Gasteiger partial charge in [-0.1, -0.05) is 0 Å². The Morgan fingerprint density at radius 1 is 1.25 bits per heavy atom. The van der Waals surface area contributed by atoms with E-state index in [1.54, 1.807) is 0 Å². The zero-order valence-electron chi connectivity index (χ0n) is 12.8. The highest BCUT2D eigenvalue weighted by Gasteiger charge is 2.27. The Bertz CT molecular complexity index is 588. The molecule has 0 fully saturated rings. The van der Waals surface area contributed by atoms with Crippen molar-refractivity contribution in [1.29, 1.82) is 0 Å². The van der Waals surface area contributed by atoms with Crippen molar-refractivity contribution in [2.24, 2.45) is 11.5 Å². The average Bonchev–Trinajstić information content (AvgIpc) is 3.02. The van der Waals surface area contributed by atoms with E-state index in [1.165, 1.54) is 12.5 Å². The van der Waals surface area contributed by atoms with Crippen LogP contribution in [0.3, 0.4) is 0 Å². The smallest absolute Gasteiger partial charge is 0.326 e. The molecular weight excluding hydrogens is 320 g/mol. The lowest BCUT2D eigenvalue weighted by atomic mass is 10.1. The van der Waals surface area contributed by atoms with Gasteiger partial charge in [0, 0.05) is 24.7 Å². The van der Waals surface area contributed by atoms with E-state index in [1.807, 2.05) is 0 Å². The van der Waals surface area contributed by atoms with E-state index >= 15 is 0 Å². The number of nitrogens with one attached hydrogen (secondary N) is 3. The minimum Gasteiger partial charge on any atom is -0.480 e. The van der Waals surface area contributed by atoms with Crippen molar-refractivity contribution < 1.29 is 24.3 Å². The van der Waals surface area contributed by atoms with Crippen molar-refractivity contribution in [1.82, 2.24) is 20.6 Å². The zero-order valence-corrected chi connectivity index (χ0v) is 12.8. The largest absolute Gasteiger partial charge is 0.480 e. The van der Waals surface area contributed by atoms with Gasteiger partial charge in [0.2, 0.25) is 17.7 Å². The Hall–Kier alpha value is -2.95. The quantitative estimate of drug-likeness (QED) is 0.265. The summed E-state index contributed by atoms with van der Waals surface area (Å²) in [5, 5.41) is 13.8. The number of carboxylic acid groups (broad SMARTS) is 1. The molecule has 0 bridgehead atoms. The van der Waals surface area contributed by atoms with Gasteiger partial charge < -0.3 is 32.2 Å². The molecule has 1 aromatic rings. The second-order valence-corrected chi connectivity index (χ2v) is 5.01. The minimum absolute atomic E-state index is 0.0692. The highest BCUT2D eigenvalue weighted by molar-refractivity contribution is 5.91. The Kier molecular flexibility index (Phi) is 7.36. The maximum atomic E-state index is 12.3. The molecule has 24 heavy (non-hydrogen) atoms. The van der Waals surface area contributed by atoms with Crippen LogP contribution < -0.4 is 22.1 Å². The molecule has 2 atom stereocenters. The SMILES string of the molecule is NCC(=O)NC(Cc1cnc[nH]1)C(=O)NC(CCC(N)=O)C(=O)O. The average molecular weight is 340 g/mol. The number of hydrogen-bond donors (Lipinski definition) is 6. The highest BCUT2D eigenvalue weighted by atomic mass is 16.4. The van der Waals surface area contributed by atoms with Crippen molar-refractivity contribution >= 4 is 23.7 Å². The zero-order chi connectivity index (χ0) is 18.1. The maximum absolute atomic E-state index is 12.3. The molecule has 0 aliphatic rings. The van der Waals surface area contributed by atoms with E-state index in [-0.39, 0.29) is 25.8 Å². The normalized spacial score (nSPS) is 12.9. The van der Waals surface area contributed by atoms with Crippen LogP contribution in [0.4, 0.5) is 0 Å². The summed E-state index contributed by atoms with van der Waals surface area (Å²) in [6, 6.07) is -2.35. The Morgan fingerprint density at radius 3 is 2.46 bits per heavy atom. The highest BCUT2D eigenvalue weighted by Crippen LogP contribution is 2.02. The fourth-order valence-corrected chi connectivity index (χ4v) is 1.90. The summed E-state index contributed by atoms with van der Waals surface area (Å²) in [5.74, 6) is -3.28. The van der Waals surface area contributed by atoms with E-state index in [9.17, 15) is 19.2 Å². The van der Waals surface area contributed by atoms with Crippen molar-refractivity contribution in [3.63, 3.8) is 0 Å². The summed E-state index contributed by atoms with van der Waals surface area (Å²) in [6.07, 6.45) is 2.59. The van der Waals surface area contributed by atoms with Gasteiger partial charge in [0.15, 0.2) is 0 Å². The first kappa shape index (κ1) is 19.1. The number of carboxylic acids is 1. The number of aromatic nitrogens is 2. The van der Waals surface area contributed by atoms with Crippen LogP contribution in [0.15, 0.2) is 12.5 Å². The summed E-state index contributed by atoms with van der Waals surface area (Å²) >= 11 is 0. The van der Waals surface area contributed by atoms with Crippen molar-refractivity contribution in [2.75, 3.05) is 6.54 Å². The van der Waals surface area contributed by atoms with E-state index < -0.39 is 35.8 Å². The van der Waals surface area contributed by atoms with Crippen LogP contribution in [0.1, 0.15) is 18.5 Å². The summed E-state index contributed by atoms with van der Waals surface area (Å²) < 4.78 is 0. The number of primary amides is 1. The number of aromatic amines is 1. The minimum atomic E-state index is -1.31. The number of hydrogen-bond acceptors (Lipinski definition) is 6. The third-order valence-electron chi connectivity index (χ3n) is 3.11. The molecule has 11 nitrogen and oxygen atoms in total. The van der Waals surface area contributed by atoms with Gasteiger partial charge in [-0.15, -0.1) is 0 Å². The number of amides is 3. The topological polar surface area (TPSA) is 193 Å². The molecule has 0 saturated heterocycles. The standard InChI is InChI=1S/C13H20N6O5/c14-4-11(21)18-9(3-7-5-16-6-17-7)12(22)19-8(13(23)24)1-2-10(15)20/h5-6,8-9H,1-4,14H2,(H2,15,20)(H,16,17)(H,18,21)(H,19,22)(H,23,24). The number of carbonyl (C=O) groups excluding carboxylic acids is 3. The Labute approximate surface area is 137 Å². The Morgan fingerprint density at radius 2 is 1.96 bits per heavy atom. The van der Waals surface area contributed by atoms with Crippen LogP contribution in [0.5, 0.6) is 0 Å². The molecule has 1 aromatic heterocycles. The lowest BCUT2D eigenvalue weighted by Gasteiger charge is -2.20. The number of rotatable bonds is 10. The van der Waals surface area contributed by atoms with Crippen molar-refractivity contribution in [2.45, 2.75) is 31.3 Å². The van der Waals surface area contributed by atoms with E-state index in [0.29, 0.717) is 5.69 Å². The third-order valence-corrected chi connectivity index (χ3v) is 3.11. The summed E-state index contributed by atoms with van der Waals surface area (Å²) in [5.41, 5.74) is 10.8. The van der Waals surface area contributed by atoms with Gasteiger partial charge in [0.05, 0.1) is 12.9 Å². The molecule has 11 heteroatoms. The predicted molar refractivity (Wildman–Crippen MR) is 81.3 cm³/mol. The number of aliphatic carboxylic acids is 1. The molecule has 3 amide bonds. The van der Waals surface area contributed by atoms with E-state index in [2.05, 4.69) is 20.6 Å². The van der Waals surface area contributed by atoms with E-state index in [0.717, 1.165) is 0 Å². The molecule has 0 aliphatic heterocycles. The summed E-state index contributed by atoms with van der Waals surface area (Å²) in [4.78, 5) is 52.3. The number of nitrogens with two attached hydrogens (primary N) is 2. The fourth-order valence-electron chi connectivity index (χ4n) is 1.90. The monoisotopic (exact) mass is 340 g/mol. The second kappa shape index (κ2) is 9.25. The lowest BCUT2D eigenvalue weighted by Crippen LogP contribution is -2.53. The fraction of sp³-hybridized carbons (Fsp3) is 0.462. The molecule has 0 saturated carbocycles. The van der Waals surface area contributed by atoms with Crippen molar-refractivity contribution in [3.05, 3.63) is 18.2 Å². The molecule has 8 N–H and O–H groups in total. The van der Waals surface area contributed by atoms with Crippen LogP contribution in [-0.2, 0) is 25.6 Å². The molecule has 0 radical (unpaired) electrons. The van der Waals surface area contributed by atoms with Gasteiger partial charge in [-0.25, -0.2) is 9.78 Å². The molecule has 0 spiro atoms. The molecule has 1 rings (SSSR count). The van der Waals surface area contributed by atoms with Crippen LogP contribution in [0.25, 0.3) is 0 Å². The van der Waals surface area contributed by atoms with Crippen molar-refractivity contribution in [3.8, 4) is 0 Å². The van der Waals surface area contributed by atoms with Crippen LogP contribution in [0, 0.1) is 0 Å². The van der Waals surface area contributed by atoms with Crippen LogP contribution >= 0.6 is 0 Å². The molecule has 1 heterocycles. The molecule has 2 unspecified atom stereocenters. The molecule has 0 aromatic carbocycles. The first-order valence-corrected chi connectivity index (χ1v) is 7.11. The Balaban J connectivity index is 2.78. The number of imidazole rings is 1. The summed E-state index contributed by atoms with van der Waals surface area (Å²) in [7, 11) is 0. The molecular formula is C13H20N6O5. The maximum Gasteiger partial charge on any atom is 0.326 e. The predicted octanol–water partition coefficient (Wildman–Crippen LogP) is -2.77. The number of carbonyl (C=O) groups is 4. The number of H-pyrrole nitrogens is 1. The lowest BCUT2D eigenvalue weighted by molar-refractivity contribution is -0.142. The third kappa shape index (κ3) is 6.44. The van der Waals surface area contributed by atoms with Gasteiger partial charge >= 0.3 is 5.97 Å². The van der Waals surface area contributed by atoms with E-state index in [4.69, 9.17) is 16.6 Å². The van der Waals surface area contributed by atoms with Crippen LogP contribution in [0.2, 0.25) is 0 Å². The first-order chi connectivity index (χ1) is 11.3. The van der Waals surface area contributed by atoms with Gasteiger partial charge in [0.1, 0.15) is 12.1 Å². The number of nitrogens with zero attached hydrogens (tertiary/aromatic N) is 1. The molecule has 132 valence electrons. The molecule has 0 aliphatic carbocycles. The second-order valence-electron chi connectivity index (χ2n) is 5.01.